The van der Waals surface area contributed by atoms with Gasteiger partial charge in [0, 0.05) is 5.57 Å². The summed E-state index contributed by atoms with van der Waals surface area (Å²) in [4.78, 5) is 11.8. The second kappa shape index (κ2) is 2.84. The van der Waals surface area contributed by atoms with Crippen LogP contribution in [0.2, 0.25) is 0 Å². The Morgan fingerprint density at radius 3 is 3.33 bits per heavy atom. The number of amides is 1. The van der Waals surface area contributed by atoms with Gasteiger partial charge in [0.05, 0.1) is 19.1 Å². The molecule has 3 heteroatoms. The van der Waals surface area contributed by atoms with Crippen LogP contribution >= 0.6 is 0 Å². The van der Waals surface area contributed by atoms with Gasteiger partial charge in [0.25, 0.3) is 0 Å². The first-order chi connectivity index (χ1) is 7.20. The third-order valence-corrected chi connectivity index (χ3v) is 3.30. The average Bonchev–Trinajstić information content (AvgIpc) is 2.50. The molecule has 1 aliphatic carbocycles. The van der Waals surface area contributed by atoms with Crippen LogP contribution in [0.5, 0.6) is 0 Å². The number of ether oxygens (including phenoxy) is 1. The van der Waals surface area contributed by atoms with E-state index in [-0.39, 0.29) is 11.8 Å². The maximum absolute atomic E-state index is 11.8. The molecule has 2 atom stereocenters. The molecule has 78 valence electrons. The predicted molar refractivity (Wildman–Crippen MR) is 55.2 cm³/mol. The molecule has 4 rings (SSSR count). The Bertz CT molecular complexity index is 429. The van der Waals surface area contributed by atoms with E-state index >= 15 is 0 Å². The third-order valence-electron chi connectivity index (χ3n) is 3.30. The van der Waals surface area contributed by atoms with Crippen molar-refractivity contribution in [1.29, 1.82) is 0 Å². The van der Waals surface area contributed by atoms with E-state index in [9.17, 15) is 4.79 Å². The van der Waals surface area contributed by atoms with Crippen molar-refractivity contribution < 1.29 is 9.53 Å². The molecule has 1 saturated heterocycles. The number of fused-ring (bicyclic) bond motifs is 2. The van der Waals surface area contributed by atoms with Crippen molar-refractivity contribution in [1.82, 2.24) is 5.32 Å². The fourth-order valence-corrected chi connectivity index (χ4v) is 2.46. The van der Waals surface area contributed by atoms with Crippen LogP contribution in [-0.2, 0) is 9.53 Å². The predicted octanol–water partition coefficient (Wildman–Crippen LogP) is 0.933. The standard InChI is InChI=1S/C12H13NO2/c1-8-4-9-2-3-12(13-11(9)14)7-15-6-10(12)5-8/h2-3,9H,4,6-7H2,1H3,(H,13,14)/t5?,9-,12-/m1/s1. The third kappa shape index (κ3) is 1.21. The van der Waals surface area contributed by atoms with E-state index in [1.54, 1.807) is 0 Å². The van der Waals surface area contributed by atoms with Crippen LogP contribution in [0.25, 0.3) is 0 Å². The Balaban J connectivity index is 2.22. The molecule has 0 aromatic carbocycles. The van der Waals surface area contributed by atoms with E-state index in [0.717, 1.165) is 17.6 Å². The zero-order valence-electron chi connectivity index (χ0n) is 8.67. The number of hydrogen-bond donors (Lipinski definition) is 1. The van der Waals surface area contributed by atoms with E-state index in [0.29, 0.717) is 13.2 Å². The maximum Gasteiger partial charge on any atom is 0.228 e. The summed E-state index contributed by atoms with van der Waals surface area (Å²) in [6.45, 7) is 3.14. The van der Waals surface area contributed by atoms with Gasteiger partial charge >= 0.3 is 0 Å². The van der Waals surface area contributed by atoms with Gasteiger partial charge in [0.1, 0.15) is 5.54 Å². The number of hydrogen-bond acceptors (Lipinski definition) is 2. The highest BCUT2D eigenvalue weighted by molar-refractivity contribution is 5.84. The molecule has 3 heterocycles. The van der Waals surface area contributed by atoms with Gasteiger partial charge in [-0.1, -0.05) is 12.2 Å². The minimum atomic E-state index is -0.394. The van der Waals surface area contributed by atoms with Crippen LogP contribution in [-0.4, -0.2) is 24.7 Å². The highest BCUT2D eigenvalue weighted by atomic mass is 16.5. The molecule has 1 N–H and O–H groups in total. The summed E-state index contributed by atoms with van der Waals surface area (Å²) in [5, 5.41) is 3.05. The number of carbonyl (C=O) groups excluding carboxylic acids is 1. The van der Waals surface area contributed by atoms with Crippen LogP contribution in [0.3, 0.4) is 0 Å². The second-order valence-electron chi connectivity index (χ2n) is 4.51. The van der Waals surface area contributed by atoms with Crippen molar-refractivity contribution in [2.24, 2.45) is 5.92 Å². The second-order valence-corrected chi connectivity index (χ2v) is 4.51. The molecule has 2 bridgehead atoms. The van der Waals surface area contributed by atoms with Gasteiger partial charge in [0.2, 0.25) is 5.91 Å². The monoisotopic (exact) mass is 203 g/mol. The normalized spacial score (nSPS) is 37.7. The van der Waals surface area contributed by atoms with Crippen LogP contribution < -0.4 is 5.32 Å². The minimum Gasteiger partial charge on any atom is -0.373 e. The fraction of sp³-hybridized carbons (Fsp3) is 0.500. The number of nitrogens with one attached hydrogen (secondary N) is 1. The van der Waals surface area contributed by atoms with Crippen molar-refractivity contribution in [3.8, 4) is 0 Å². The molecule has 0 saturated carbocycles. The van der Waals surface area contributed by atoms with Crippen LogP contribution in [0.1, 0.15) is 13.3 Å². The van der Waals surface area contributed by atoms with Crippen molar-refractivity contribution in [3.63, 3.8) is 0 Å². The lowest BCUT2D eigenvalue weighted by molar-refractivity contribution is -0.125. The Labute approximate surface area is 88.5 Å². The van der Waals surface area contributed by atoms with Gasteiger partial charge in [-0.15, -0.1) is 5.73 Å². The van der Waals surface area contributed by atoms with E-state index in [2.05, 4.69) is 17.1 Å². The molecule has 0 aromatic heterocycles. The first kappa shape index (κ1) is 8.96. The molecular weight excluding hydrogens is 190 g/mol. The molecule has 3 aliphatic heterocycles. The summed E-state index contributed by atoms with van der Waals surface area (Å²) in [6.07, 6.45) is 4.85. The molecule has 4 aliphatic rings. The average molecular weight is 203 g/mol. The summed E-state index contributed by atoms with van der Waals surface area (Å²) in [5.74, 6) is 0.0895. The van der Waals surface area contributed by atoms with E-state index < -0.39 is 5.54 Å². The molecule has 0 unspecified atom stereocenters. The minimum absolute atomic E-state index is 0.0229. The van der Waals surface area contributed by atoms with E-state index in [1.807, 2.05) is 13.0 Å². The van der Waals surface area contributed by atoms with Crippen LogP contribution in [0, 0.1) is 5.92 Å². The Hall–Kier alpha value is -1.31. The van der Waals surface area contributed by atoms with Gasteiger partial charge in [-0.05, 0) is 18.9 Å². The topological polar surface area (TPSA) is 38.3 Å². The summed E-state index contributed by atoms with van der Waals surface area (Å²) < 4.78 is 5.44. The number of carbonyl (C=O) groups is 1. The molecule has 0 aromatic rings. The Morgan fingerprint density at radius 2 is 2.53 bits per heavy atom. The van der Waals surface area contributed by atoms with Gasteiger partial charge in [-0.2, -0.15) is 0 Å². The molecule has 1 spiro atoms. The zero-order chi connectivity index (χ0) is 10.5. The summed E-state index contributed by atoms with van der Waals surface area (Å²) in [6, 6.07) is 0. The fourth-order valence-electron chi connectivity index (χ4n) is 2.46. The van der Waals surface area contributed by atoms with Gasteiger partial charge in [0.15, 0.2) is 0 Å². The molecule has 3 nitrogen and oxygen atoms in total. The van der Waals surface area contributed by atoms with Crippen molar-refractivity contribution in [3.05, 3.63) is 29.0 Å². The highest BCUT2D eigenvalue weighted by Crippen LogP contribution is 2.33. The smallest absolute Gasteiger partial charge is 0.228 e. The number of rotatable bonds is 0. The van der Waals surface area contributed by atoms with Crippen molar-refractivity contribution in [2.45, 2.75) is 18.9 Å². The lowest BCUT2D eigenvalue weighted by Gasteiger charge is -2.33. The van der Waals surface area contributed by atoms with Crippen molar-refractivity contribution >= 4 is 5.91 Å². The molecular formula is C12H13NO2. The van der Waals surface area contributed by atoms with Crippen LogP contribution in [0.4, 0.5) is 0 Å². The summed E-state index contributed by atoms with van der Waals surface area (Å²) in [7, 11) is 0. The van der Waals surface area contributed by atoms with Crippen LogP contribution in [0.15, 0.2) is 29.0 Å². The van der Waals surface area contributed by atoms with Crippen molar-refractivity contribution in [2.75, 3.05) is 13.2 Å². The molecule has 1 fully saturated rings. The lowest BCUT2D eigenvalue weighted by atomic mass is 9.82. The molecule has 0 radical (unpaired) electrons. The Morgan fingerprint density at radius 1 is 1.67 bits per heavy atom. The summed E-state index contributed by atoms with van der Waals surface area (Å²) in [5.41, 5.74) is 5.17. The highest BCUT2D eigenvalue weighted by Gasteiger charge is 2.43. The SMILES string of the molecule is CC1=C=C2COC[C@]23C=C[C@H](C1)C(=O)N3. The quantitative estimate of drug-likeness (QED) is 0.470. The molecule has 1 amide bonds. The first-order valence-corrected chi connectivity index (χ1v) is 5.24. The first-order valence-electron chi connectivity index (χ1n) is 5.24. The maximum atomic E-state index is 11.8. The Kier molecular flexibility index (Phi) is 1.70. The summed E-state index contributed by atoms with van der Waals surface area (Å²) >= 11 is 0. The van der Waals surface area contributed by atoms with Gasteiger partial charge < -0.3 is 10.1 Å². The van der Waals surface area contributed by atoms with Gasteiger partial charge in [-0.25, -0.2) is 0 Å². The zero-order valence-corrected chi connectivity index (χ0v) is 8.67. The van der Waals surface area contributed by atoms with E-state index in [4.69, 9.17) is 4.74 Å². The largest absolute Gasteiger partial charge is 0.373 e. The van der Waals surface area contributed by atoms with Gasteiger partial charge in [-0.3, -0.25) is 4.79 Å². The molecule has 15 heavy (non-hydrogen) atoms. The van der Waals surface area contributed by atoms with E-state index in [1.165, 1.54) is 0 Å². The lowest BCUT2D eigenvalue weighted by Crippen LogP contribution is -2.53.